The number of carboxylic acid groups (broad SMARTS) is 2. The molecule has 0 aliphatic rings. The number of hydrogen-bond acceptors (Lipinski definition) is 2. The molecule has 0 fully saturated rings. The van der Waals surface area contributed by atoms with Gasteiger partial charge in [0, 0.05) is 6.42 Å². The van der Waals surface area contributed by atoms with Gasteiger partial charge in [-0.25, -0.2) is 0 Å². The highest BCUT2D eigenvalue weighted by molar-refractivity contribution is 5.70. The zero-order chi connectivity index (χ0) is 38.0. The first-order valence-electron chi connectivity index (χ1n) is 23.6. The maximum atomic E-state index is 12.5. The van der Waals surface area contributed by atoms with Gasteiger partial charge in [-0.2, -0.15) is 0 Å². The molecule has 2 unspecified atom stereocenters. The van der Waals surface area contributed by atoms with Gasteiger partial charge in [-0.15, -0.1) is 0 Å². The molecule has 0 spiro atoms. The van der Waals surface area contributed by atoms with Gasteiger partial charge in [-0.05, 0) is 57.3 Å². The molecular weight excluding hydrogens is 641 g/mol. The number of allylic oxidation sites excluding steroid dienone is 2. The summed E-state index contributed by atoms with van der Waals surface area (Å²) in [4.78, 5) is 23.1. The molecule has 0 radical (unpaired) electrons. The zero-order valence-corrected chi connectivity index (χ0v) is 35.3. The third kappa shape index (κ3) is 38.4. The molecule has 2 atom stereocenters. The predicted molar refractivity (Wildman–Crippen MR) is 227 cm³/mol. The summed E-state index contributed by atoms with van der Waals surface area (Å²) in [7, 11) is 0. The highest BCUT2D eigenvalue weighted by atomic mass is 16.4. The largest absolute Gasteiger partial charge is 0.481 e. The first-order valence-corrected chi connectivity index (χ1v) is 23.6. The van der Waals surface area contributed by atoms with Gasteiger partial charge in [0.15, 0.2) is 0 Å². The molecule has 0 heterocycles. The number of rotatable bonds is 44. The van der Waals surface area contributed by atoms with E-state index in [4.69, 9.17) is 5.11 Å². The van der Waals surface area contributed by atoms with E-state index in [1.165, 1.54) is 205 Å². The van der Waals surface area contributed by atoms with Crippen molar-refractivity contribution in [2.24, 2.45) is 11.8 Å². The molecular formula is C48H92O4. The van der Waals surface area contributed by atoms with Crippen LogP contribution in [0.3, 0.4) is 0 Å². The fourth-order valence-electron chi connectivity index (χ4n) is 8.06. The molecule has 0 amide bonds. The highest BCUT2D eigenvalue weighted by Crippen LogP contribution is 2.30. The Morgan fingerprint density at radius 3 is 1.00 bits per heavy atom. The van der Waals surface area contributed by atoms with Crippen molar-refractivity contribution in [3.8, 4) is 0 Å². The monoisotopic (exact) mass is 733 g/mol. The molecule has 4 nitrogen and oxygen atoms in total. The van der Waals surface area contributed by atoms with Crippen LogP contribution >= 0.6 is 0 Å². The second kappa shape index (κ2) is 42.4. The Kier molecular flexibility index (Phi) is 41.3. The summed E-state index contributed by atoms with van der Waals surface area (Å²) in [5.74, 6) is -1.01. The van der Waals surface area contributed by atoms with Crippen LogP contribution in [0, 0.1) is 11.8 Å². The maximum Gasteiger partial charge on any atom is 0.306 e. The third-order valence-corrected chi connectivity index (χ3v) is 11.6. The average Bonchev–Trinajstić information content (AvgIpc) is 3.13. The lowest BCUT2D eigenvalue weighted by Crippen LogP contribution is -2.24. The van der Waals surface area contributed by atoms with E-state index < -0.39 is 11.9 Å². The lowest BCUT2D eigenvalue weighted by molar-refractivity contribution is -0.144. The molecule has 0 aromatic rings. The minimum atomic E-state index is -0.674. The van der Waals surface area contributed by atoms with Crippen molar-refractivity contribution in [3.05, 3.63) is 12.2 Å². The Bertz CT molecular complexity index is 761. The summed E-state index contributed by atoms with van der Waals surface area (Å²) in [6.07, 6.45) is 54.3. The normalized spacial score (nSPS) is 12.9. The van der Waals surface area contributed by atoms with E-state index in [-0.39, 0.29) is 5.92 Å². The van der Waals surface area contributed by atoms with Crippen LogP contribution < -0.4 is 0 Å². The van der Waals surface area contributed by atoms with Gasteiger partial charge >= 0.3 is 11.9 Å². The predicted octanol–water partition coefficient (Wildman–Crippen LogP) is 16.6. The number of aliphatic carboxylic acids is 2. The van der Waals surface area contributed by atoms with Crippen molar-refractivity contribution in [2.45, 2.75) is 271 Å². The van der Waals surface area contributed by atoms with Gasteiger partial charge in [0.2, 0.25) is 0 Å². The maximum absolute atomic E-state index is 12.5. The Hall–Kier alpha value is -1.32. The molecule has 4 heteroatoms. The molecule has 0 aliphatic carbocycles. The van der Waals surface area contributed by atoms with Crippen LogP contribution in [0.25, 0.3) is 0 Å². The first-order chi connectivity index (χ1) is 25.5. The minimum absolute atomic E-state index is 0.152. The van der Waals surface area contributed by atoms with Crippen LogP contribution in [-0.2, 0) is 9.59 Å². The van der Waals surface area contributed by atoms with Crippen LogP contribution in [-0.4, -0.2) is 22.2 Å². The summed E-state index contributed by atoms with van der Waals surface area (Å²) < 4.78 is 0. The number of carbonyl (C=O) groups is 2. The van der Waals surface area contributed by atoms with E-state index >= 15 is 0 Å². The molecule has 0 saturated carbocycles. The van der Waals surface area contributed by atoms with E-state index in [1.807, 2.05) is 0 Å². The fourth-order valence-corrected chi connectivity index (χ4v) is 8.06. The summed E-state index contributed by atoms with van der Waals surface area (Å²) in [5.41, 5.74) is 0. The molecule has 0 rings (SSSR count). The Morgan fingerprint density at radius 2 is 0.673 bits per heavy atom. The molecule has 0 aliphatic heterocycles. The Labute approximate surface area is 325 Å². The van der Waals surface area contributed by atoms with Crippen molar-refractivity contribution in [3.63, 3.8) is 0 Å². The zero-order valence-electron chi connectivity index (χ0n) is 35.3. The lowest BCUT2D eigenvalue weighted by Gasteiger charge is -2.24. The molecule has 0 saturated heterocycles. The van der Waals surface area contributed by atoms with Crippen molar-refractivity contribution >= 4 is 11.9 Å². The molecule has 0 aromatic carbocycles. The van der Waals surface area contributed by atoms with Crippen molar-refractivity contribution in [1.29, 1.82) is 0 Å². The molecule has 52 heavy (non-hydrogen) atoms. The summed E-state index contributed by atoms with van der Waals surface area (Å²) >= 11 is 0. The number of carboxylic acids is 2. The third-order valence-electron chi connectivity index (χ3n) is 11.6. The van der Waals surface area contributed by atoms with Gasteiger partial charge in [0.25, 0.3) is 0 Å². The number of unbranched alkanes of at least 4 members (excludes halogenated alkanes) is 32. The standard InChI is InChI=1S/C48H92O4/c1-3-5-7-9-11-12-13-14-15-16-17-18-19-20-21-24-27-31-35-39-43-46(48(51)52)45(41-37-33-29-10-8-6-4-2)42-38-34-30-26-23-22-25-28-32-36-40-44-47(49)50/h14-15,45-46H,3-13,16-44H2,1-2H3,(H,49,50)(H,51,52). The first kappa shape index (κ1) is 50.7. The minimum Gasteiger partial charge on any atom is -0.481 e. The van der Waals surface area contributed by atoms with Gasteiger partial charge < -0.3 is 10.2 Å². The van der Waals surface area contributed by atoms with Gasteiger partial charge in [-0.1, -0.05) is 225 Å². The van der Waals surface area contributed by atoms with E-state index in [0.717, 1.165) is 44.9 Å². The summed E-state index contributed by atoms with van der Waals surface area (Å²) in [5, 5.41) is 19.0. The Balaban J connectivity index is 4.13. The Morgan fingerprint density at radius 1 is 0.385 bits per heavy atom. The van der Waals surface area contributed by atoms with Crippen LogP contribution in [0.5, 0.6) is 0 Å². The average molecular weight is 733 g/mol. The SMILES string of the molecule is CCCCCCCCC=CCCCCCCCCCCCCC(C(=O)O)C(CCCCCCCCC)CCCCCCCCCCCCCC(=O)O. The smallest absolute Gasteiger partial charge is 0.306 e. The van der Waals surface area contributed by atoms with Crippen LogP contribution in [0.1, 0.15) is 271 Å². The number of hydrogen-bond donors (Lipinski definition) is 2. The van der Waals surface area contributed by atoms with Crippen LogP contribution in [0.2, 0.25) is 0 Å². The second-order valence-electron chi connectivity index (χ2n) is 16.6. The van der Waals surface area contributed by atoms with Crippen molar-refractivity contribution in [2.75, 3.05) is 0 Å². The molecule has 308 valence electrons. The highest BCUT2D eigenvalue weighted by Gasteiger charge is 2.27. The van der Waals surface area contributed by atoms with Crippen LogP contribution in [0.4, 0.5) is 0 Å². The second-order valence-corrected chi connectivity index (χ2v) is 16.6. The molecule has 0 aromatic heterocycles. The van der Waals surface area contributed by atoms with E-state index in [0.29, 0.717) is 12.3 Å². The quantitative estimate of drug-likeness (QED) is 0.0483. The fraction of sp³-hybridized carbons (Fsp3) is 0.917. The van der Waals surface area contributed by atoms with Crippen molar-refractivity contribution in [1.82, 2.24) is 0 Å². The summed E-state index contributed by atoms with van der Waals surface area (Å²) in [6.45, 7) is 4.55. The van der Waals surface area contributed by atoms with E-state index in [1.54, 1.807) is 0 Å². The van der Waals surface area contributed by atoms with E-state index in [2.05, 4.69) is 26.0 Å². The summed E-state index contributed by atoms with van der Waals surface area (Å²) in [6, 6.07) is 0. The van der Waals surface area contributed by atoms with Gasteiger partial charge in [0.05, 0.1) is 5.92 Å². The van der Waals surface area contributed by atoms with Gasteiger partial charge in [-0.3, -0.25) is 9.59 Å². The van der Waals surface area contributed by atoms with E-state index in [9.17, 15) is 14.7 Å². The van der Waals surface area contributed by atoms with Gasteiger partial charge in [0.1, 0.15) is 0 Å². The molecule has 2 N–H and O–H groups in total. The van der Waals surface area contributed by atoms with Crippen molar-refractivity contribution < 1.29 is 19.8 Å². The van der Waals surface area contributed by atoms with Crippen LogP contribution in [0.15, 0.2) is 12.2 Å². The topological polar surface area (TPSA) is 74.6 Å². The molecule has 0 bridgehead atoms. The lowest BCUT2D eigenvalue weighted by atomic mass is 9.80.